The van der Waals surface area contributed by atoms with Gasteiger partial charge in [0.05, 0.1) is 12.2 Å². The lowest BCUT2D eigenvalue weighted by Gasteiger charge is -2.34. The van der Waals surface area contributed by atoms with E-state index in [4.69, 9.17) is 0 Å². The molecule has 0 bridgehead atoms. The molecular formula is C24H37N7O. The summed E-state index contributed by atoms with van der Waals surface area (Å²) in [6, 6.07) is 3.79. The van der Waals surface area contributed by atoms with E-state index in [-0.39, 0.29) is 5.91 Å². The van der Waals surface area contributed by atoms with Crippen molar-refractivity contribution in [2.75, 3.05) is 44.6 Å². The van der Waals surface area contributed by atoms with E-state index in [1.54, 1.807) is 4.68 Å². The van der Waals surface area contributed by atoms with Crippen molar-refractivity contribution in [3.63, 3.8) is 0 Å². The van der Waals surface area contributed by atoms with Crippen LogP contribution < -0.4 is 5.32 Å². The average Bonchev–Trinajstić information content (AvgIpc) is 2.93. The molecule has 8 heteroatoms. The van der Waals surface area contributed by atoms with Crippen molar-refractivity contribution in [3.8, 4) is 5.95 Å². The molecule has 2 aliphatic rings. The SMILES string of the molecule is Cc1cc(C)nc(-n2nc(C)cc2NC(=O)CN2CCC(CN3CCCCCC3)CC2)n1. The Labute approximate surface area is 191 Å². The zero-order valence-electron chi connectivity index (χ0n) is 19.8. The summed E-state index contributed by atoms with van der Waals surface area (Å²) >= 11 is 0. The molecule has 0 aliphatic carbocycles. The molecule has 0 atom stereocenters. The van der Waals surface area contributed by atoms with Gasteiger partial charge >= 0.3 is 0 Å². The molecule has 0 unspecified atom stereocenters. The van der Waals surface area contributed by atoms with Crippen molar-refractivity contribution in [1.29, 1.82) is 0 Å². The lowest BCUT2D eigenvalue weighted by molar-refractivity contribution is -0.117. The molecule has 2 aliphatic heterocycles. The van der Waals surface area contributed by atoms with Gasteiger partial charge in [0.15, 0.2) is 0 Å². The van der Waals surface area contributed by atoms with Crippen LogP contribution in [0.25, 0.3) is 5.95 Å². The van der Waals surface area contributed by atoms with Gasteiger partial charge in [-0.15, -0.1) is 0 Å². The topological polar surface area (TPSA) is 79.2 Å². The second kappa shape index (κ2) is 10.5. The quantitative estimate of drug-likeness (QED) is 0.745. The van der Waals surface area contributed by atoms with Crippen LogP contribution in [0.2, 0.25) is 0 Å². The molecule has 4 rings (SSSR count). The molecule has 2 fully saturated rings. The van der Waals surface area contributed by atoms with E-state index in [9.17, 15) is 4.79 Å². The number of carbonyl (C=O) groups is 1. The van der Waals surface area contributed by atoms with Gasteiger partial charge in [-0.3, -0.25) is 9.69 Å². The average molecular weight is 440 g/mol. The minimum Gasteiger partial charge on any atom is -0.309 e. The highest BCUT2D eigenvalue weighted by molar-refractivity contribution is 5.91. The summed E-state index contributed by atoms with van der Waals surface area (Å²) in [5, 5.41) is 7.53. The molecule has 2 aromatic heterocycles. The molecule has 4 heterocycles. The number of hydrogen-bond donors (Lipinski definition) is 1. The van der Waals surface area contributed by atoms with Crippen LogP contribution >= 0.6 is 0 Å². The van der Waals surface area contributed by atoms with Crippen LogP contribution in [0.4, 0.5) is 5.82 Å². The maximum atomic E-state index is 12.8. The molecule has 0 aromatic carbocycles. The number of carbonyl (C=O) groups excluding carboxylic acids is 1. The normalized spacial score (nSPS) is 19.1. The Morgan fingerprint density at radius 2 is 1.56 bits per heavy atom. The Morgan fingerprint density at radius 3 is 2.22 bits per heavy atom. The minimum atomic E-state index is -0.0125. The number of aromatic nitrogens is 4. The van der Waals surface area contributed by atoms with Crippen molar-refractivity contribution < 1.29 is 4.79 Å². The van der Waals surface area contributed by atoms with Gasteiger partial charge in [-0.05, 0) is 84.6 Å². The largest absolute Gasteiger partial charge is 0.309 e. The summed E-state index contributed by atoms with van der Waals surface area (Å²) in [5.74, 6) is 1.86. The van der Waals surface area contributed by atoms with Crippen molar-refractivity contribution in [2.24, 2.45) is 5.92 Å². The predicted octanol–water partition coefficient (Wildman–Crippen LogP) is 3.11. The van der Waals surface area contributed by atoms with Crippen LogP contribution in [0.15, 0.2) is 12.1 Å². The van der Waals surface area contributed by atoms with E-state index in [1.165, 1.54) is 58.2 Å². The van der Waals surface area contributed by atoms with Crippen molar-refractivity contribution in [2.45, 2.75) is 59.3 Å². The van der Waals surface area contributed by atoms with Crippen LogP contribution in [-0.2, 0) is 4.79 Å². The number of anilines is 1. The molecule has 1 N–H and O–H groups in total. The number of hydrogen-bond acceptors (Lipinski definition) is 6. The monoisotopic (exact) mass is 439 g/mol. The molecule has 32 heavy (non-hydrogen) atoms. The van der Waals surface area contributed by atoms with Crippen molar-refractivity contribution in [3.05, 3.63) is 29.2 Å². The van der Waals surface area contributed by atoms with Crippen LogP contribution in [-0.4, -0.2) is 74.7 Å². The zero-order chi connectivity index (χ0) is 22.5. The second-order valence-corrected chi connectivity index (χ2v) is 9.52. The van der Waals surface area contributed by atoms with E-state index < -0.39 is 0 Å². The molecule has 1 amide bonds. The fourth-order valence-corrected chi connectivity index (χ4v) is 4.94. The molecule has 8 nitrogen and oxygen atoms in total. The number of amides is 1. The summed E-state index contributed by atoms with van der Waals surface area (Å²) < 4.78 is 1.63. The maximum absolute atomic E-state index is 12.8. The van der Waals surface area contributed by atoms with E-state index >= 15 is 0 Å². The Morgan fingerprint density at radius 1 is 0.906 bits per heavy atom. The number of nitrogens with one attached hydrogen (secondary N) is 1. The Kier molecular flexibility index (Phi) is 7.52. The lowest BCUT2D eigenvalue weighted by Crippen LogP contribution is -2.42. The standard InChI is InChI=1S/C24H37N7O/c1-18-14-19(2)26-24(25-18)31-22(15-20(3)28-31)27-23(32)17-30-12-8-21(9-13-30)16-29-10-6-4-5-7-11-29/h14-15,21H,4-13,16-17H2,1-3H3,(H,27,32). The highest BCUT2D eigenvalue weighted by Gasteiger charge is 2.24. The van der Waals surface area contributed by atoms with Gasteiger partial charge in [-0.2, -0.15) is 9.78 Å². The Bertz CT molecular complexity index is 889. The van der Waals surface area contributed by atoms with Crippen LogP contribution in [0, 0.1) is 26.7 Å². The van der Waals surface area contributed by atoms with Crippen LogP contribution in [0.3, 0.4) is 0 Å². The first-order chi connectivity index (χ1) is 15.5. The third-order valence-electron chi connectivity index (χ3n) is 6.55. The van der Waals surface area contributed by atoms with Gasteiger partial charge in [0.2, 0.25) is 5.91 Å². The maximum Gasteiger partial charge on any atom is 0.252 e. The van der Waals surface area contributed by atoms with Gasteiger partial charge in [-0.25, -0.2) is 9.97 Å². The first-order valence-electron chi connectivity index (χ1n) is 12.1. The number of likely N-dealkylation sites (tertiary alicyclic amines) is 2. The number of nitrogens with zero attached hydrogens (tertiary/aromatic N) is 6. The van der Waals surface area contributed by atoms with Gasteiger partial charge < -0.3 is 10.2 Å². The van der Waals surface area contributed by atoms with E-state index in [0.717, 1.165) is 36.1 Å². The fourth-order valence-electron chi connectivity index (χ4n) is 4.94. The molecule has 0 saturated carbocycles. The molecule has 2 aromatic rings. The summed E-state index contributed by atoms with van der Waals surface area (Å²) in [7, 11) is 0. The first-order valence-corrected chi connectivity index (χ1v) is 12.1. The van der Waals surface area contributed by atoms with Gasteiger partial charge in [0.1, 0.15) is 5.82 Å². The lowest BCUT2D eigenvalue weighted by atomic mass is 9.96. The second-order valence-electron chi connectivity index (χ2n) is 9.52. The highest BCUT2D eigenvalue weighted by Crippen LogP contribution is 2.21. The predicted molar refractivity (Wildman–Crippen MR) is 126 cm³/mol. The third kappa shape index (κ3) is 6.13. The van der Waals surface area contributed by atoms with Gasteiger partial charge in [0.25, 0.3) is 5.95 Å². The molecule has 2 saturated heterocycles. The van der Waals surface area contributed by atoms with Crippen LogP contribution in [0.5, 0.6) is 0 Å². The number of aryl methyl sites for hydroxylation is 3. The molecule has 0 radical (unpaired) electrons. The highest BCUT2D eigenvalue weighted by atomic mass is 16.2. The Hall–Kier alpha value is -2.32. The number of rotatable bonds is 6. The first kappa shape index (κ1) is 22.9. The van der Waals surface area contributed by atoms with Gasteiger partial charge in [0, 0.05) is 24.0 Å². The van der Waals surface area contributed by atoms with Crippen LogP contribution in [0.1, 0.15) is 55.6 Å². The minimum absolute atomic E-state index is 0.0125. The summed E-state index contributed by atoms with van der Waals surface area (Å²) in [4.78, 5) is 26.7. The smallest absolute Gasteiger partial charge is 0.252 e. The molecule has 174 valence electrons. The van der Waals surface area contributed by atoms with E-state index in [1.807, 2.05) is 32.9 Å². The molecule has 0 spiro atoms. The summed E-state index contributed by atoms with van der Waals surface area (Å²) in [6.45, 7) is 11.9. The third-order valence-corrected chi connectivity index (χ3v) is 6.55. The van der Waals surface area contributed by atoms with Crippen molar-refractivity contribution >= 4 is 11.7 Å². The fraction of sp³-hybridized carbons (Fsp3) is 0.667. The summed E-state index contributed by atoms with van der Waals surface area (Å²) in [5.41, 5.74) is 2.57. The summed E-state index contributed by atoms with van der Waals surface area (Å²) in [6.07, 6.45) is 7.83. The van der Waals surface area contributed by atoms with Crippen molar-refractivity contribution in [1.82, 2.24) is 29.5 Å². The zero-order valence-corrected chi connectivity index (χ0v) is 19.8. The van der Waals surface area contributed by atoms with E-state index in [2.05, 4.69) is 30.2 Å². The molecular weight excluding hydrogens is 402 g/mol. The number of piperidine rings is 1. The van der Waals surface area contributed by atoms with Gasteiger partial charge in [-0.1, -0.05) is 12.8 Å². The Balaban J connectivity index is 1.29. The van der Waals surface area contributed by atoms with E-state index in [0.29, 0.717) is 18.3 Å².